The number of carbonyl (C=O) groups is 1. The standard InChI is InChI=1S/C18H19N3O2/c1-11-9-15(13(3)23-11)12(2)19-18(22)17-10-16(20-21-17)14-7-5-4-6-8-14/h4-10,12H,1-3H3,(H,19,22)(H,20,21). The average Bonchev–Trinajstić information content (AvgIpc) is 3.15. The van der Waals surface area contributed by atoms with Gasteiger partial charge in [0.15, 0.2) is 0 Å². The predicted octanol–water partition coefficient (Wildman–Crippen LogP) is 3.78. The van der Waals surface area contributed by atoms with Crippen molar-refractivity contribution in [2.24, 2.45) is 0 Å². The van der Waals surface area contributed by atoms with Gasteiger partial charge in [-0.3, -0.25) is 9.89 Å². The Kier molecular flexibility index (Phi) is 4.02. The first kappa shape index (κ1) is 15.1. The van der Waals surface area contributed by atoms with E-state index in [0.29, 0.717) is 5.69 Å². The molecule has 3 rings (SSSR count). The molecule has 1 unspecified atom stereocenters. The zero-order chi connectivity index (χ0) is 16.4. The van der Waals surface area contributed by atoms with Crippen LogP contribution in [0.5, 0.6) is 0 Å². The molecule has 0 aliphatic heterocycles. The average molecular weight is 309 g/mol. The Hall–Kier alpha value is -2.82. The van der Waals surface area contributed by atoms with Crippen LogP contribution in [0.25, 0.3) is 11.3 Å². The zero-order valence-electron chi connectivity index (χ0n) is 13.4. The number of H-pyrrole nitrogens is 1. The van der Waals surface area contributed by atoms with Gasteiger partial charge in [-0.05, 0) is 32.9 Å². The van der Waals surface area contributed by atoms with Gasteiger partial charge >= 0.3 is 0 Å². The lowest BCUT2D eigenvalue weighted by Gasteiger charge is -2.12. The van der Waals surface area contributed by atoms with Crippen LogP contribution < -0.4 is 5.32 Å². The molecule has 0 spiro atoms. The monoisotopic (exact) mass is 309 g/mol. The van der Waals surface area contributed by atoms with E-state index in [1.807, 2.05) is 57.2 Å². The van der Waals surface area contributed by atoms with E-state index in [1.165, 1.54) is 0 Å². The summed E-state index contributed by atoms with van der Waals surface area (Å²) in [6.45, 7) is 5.73. The number of benzene rings is 1. The minimum absolute atomic E-state index is 0.136. The summed E-state index contributed by atoms with van der Waals surface area (Å²) in [4.78, 5) is 12.4. The highest BCUT2D eigenvalue weighted by Crippen LogP contribution is 2.22. The summed E-state index contributed by atoms with van der Waals surface area (Å²) >= 11 is 0. The number of nitrogens with zero attached hydrogens (tertiary/aromatic N) is 1. The fraction of sp³-hybridized carbons (Fsp3) is 0.222. The summed E-state index contributed by atoms with van der Waals surface area (Å²) in [6.07, 6.45) is 0. The van der Waals surface area contributed by atoms with Crippen molar-refractivity contribution >= 4 is 5.91 Å². The topological polar surface area (TPSA) is 70.9 Å². The number of carbonyl (C=O) groups excluding carboxylic acids is 1. The van der Waals surface area contributed by atoms with Gasteiger partial charge in [0.2, 0.25) is 0 Å². The van der Waals surface area contributed by atoms with Crippen LogP contribution in [0.15, 0.2) is 46.9 Å². The number of aromatic nitrogens is 2. The molecule has 23 heavy (non-hydrogen) atoms. The van der Waals surface area contributed by atoms with E-state index in [4.69, 9.17) is 4.42 Å². The van der Waals surface area contributed by atoms with Crippen LogP contribution in [-0.2, 0) is 0 Å². The molecule has 1 atom stereocenters. The Morgan fingerprint density at radius 3 is 2.61 bits per heavy atom. The van der Waals surface area contributed by atoms with Crippen LogP contribution in [0.1, 0.15) is 40.5 Å². The highest BCUT2D eigenvalue weighted by atomic mass is 16.3. The van der Waals surface area contributed by atoms with Crippen molar-refractivity contribution < 1.29 is 9.21 Å². The number of hydrogen-bond acceptors (Lipinski definition) is 3. The van der Waals surface area contributed by atoms with Crippen molar-refractivity contribution in [1.29, 1.82) is 0 Å². The van der Waals surface area contributed by atoms with Crippen molar-refractivity contribution in [2.75, 3.05) is 0 Å². The highest BCUT2D eigenvalue weighted by molar-refractivity contribution is 5.93. The number of amides is 1. The second kappa shape index (κ2) is 6.12. The van der Waals surface area contributed by atoms with E-state index in [2.05, 4.69) is 15.5 Å². The predicted molar refractivity (Wildman–Crippen MR) is 88.1 cm³/mol. The van der Waals surface area contributed by atoms with E-state index < -0.39 is 0 Å². The van der Waals surface area contributed by atoms with E-state index in [0.717, 1.165) is 28.3 Å². The molecular weight excluding hydrogens is 290 g/mol. The van der Waals surface area contributed by atoms with Gasteiger partial charge in [-0.25, -0.2) is 0 Å². The molecule has 2 heterocycles. The summed E-state index contributed by atoms with van der Waals surface area (Å²) in [5.74, 6) is 1.47. The summed E-state index contributed by atoms with van der Waals surface area (Å²) in [5, 5.41) is 9.96. The zero-order valence-corrected chi connectivity index (χ0v) is 13.4. The van der Waals surface area contributed by atoms with Crippen molar-refractivity contribution in [1.82, 2.24) is 15.5 Å². The van der Waals surface area contributed by atoms with Gasteiger partial charge in [-0.2, -0.15) is 5.10 Å². The van der Waals surface area contributed by atoms with Gasteiger partial charge < -0.3 is 9.73 Å². The Labute approximate surface area is 134 Å². The van der Waals surface area contributed by atoms with Gasteiger partial charge in [0.05, 0.1) is 11.7 Å². The van der Waals surface area contributed by atoms with Crippen molar-refractivity contribution in [2.45, 2.75) is 26.8 Å². The molecule has 0 fully saturated rings. The maximum Gasteiger partial charge on any atom is 0.269 e. The Bertz CT molecular complexity index is 818. The van der Waals surface area contributed by atoms with Crippen molar-refractivity contribution in [3.05, 3.63) is 65.2 Å². The quantitative estimate of drug-likeness (QED) is 0.770. The second-order valence-electron chi connectivity index (χ2n) is 5.60. The number of furan rings is 1. The van der Waals surface area contributed by atoms with E-state index in [9.17, 15) is 4.79 Å². The first-order valence-electron chi connectivity index (χ1n) is 7.53. The Morgan fingerprint density at radius 1 is 1.22 bits per heavy atom. The fourth-order valence-corrected chi connectivity index (χ4v) is 2.63. The molecule has 2 N–H and O–H groups in total. The number of hydrogen-bond donors (Lipinski definition) is 2. The molecule has 0 aliphatic carbocycles. The molecule has 1 aromatic carbocycles. The molecule has 1 amide bonds. The minimum atomic E-state index is -0.189. The Balaban J connectivity index is 1.74. The van der Waals surface area contributed by atoms with Crippen LogP contribution in [0, 0.1) is 13.8 Å². The molecule has 5 nitrogen and oxygen atoms in total. The van der Waals surface area contributed by atoms with E-state index in [-0.39, 0.29) is 11.9 Å². The molecular formula is C18H19N3O2. The number of rotatable bonds is 4. The van der Waals surface area contributed by atoms with Gasteiger partial charge in [0.1, 0.15) is 17.2 Å². The SMILES string of the molecule is Cc1cc(C(C)NC(=O)c2cc(-c3ccccc3)n[nH]2)c(C)o1. The largest absolute Gasteiger partial charge is 0.466 e. The smallest absolute Gasteiger partial charge is 0.269 e. The van der Waals surface area contributed by atoms with Gasteiger partial charge in [0, 0.05) is 11.1 Å². The summed E-state index contributed by atoms with van der Waals surface area (Å²) in [6, 6.07) is 13.3. The lowest BCUT2D eigenvalue weighted by Crippen LogP contribution is -2.27. The third-order valence-corrected chi connectivity index (χ3v) is 3.79. The van der Waals surface area contributed by atoms with Crippen LogP contribution in [0.2, 0.25) is 0 Å². The maximum atomic E-state index is 12.4. The van der Waals surface area contributed by atoms with Gasteiger partial charge in [-0.15, -0.1) is 0 Å². The number of aryl methyl sites for hydroxylation is 2. The number of aromatic amines is 1. The van der Waals surface area contributed by atoms with Crippen molar-refractivity contribution in [3.63, 3.8) is 0 Å². The lowest BCUT2D eigenvalue weighted by molar-refractivity contribution is 0.0934. The maximum absolute atomic E-state index is 12.4. The molecule has 3 aromatic rings. The molecule has 0 aliphatic rings. The molecule has 2 aromatic heterocycles. The normalized spacial score (nSPS) is 12.1. The molecule has 0 radical (unpaired) electrons. The highest BCUT2D eigenvalue weighted by Gasteiger charge is 2.17. The summed E-state index contributed by atoms with van der Waals surface area (Å²) < 4.78 is 5.51. The van der Waals surface area contributed by atoms with E-state index >= 15 is 0 Å². The molecule has 0 saturated carbocycles. The van der Waals surface area contributed by atoms with Crippen LogP contribution in [0.4, 0.5) is 0 Å². The van der Waals surface area contributed by atoms with Crippen molar-refractivity contribution in [3.8, 4) is 11.3 Å². The molecule has 118 valence electrons. The summed E-state index contributed by atoms with van der Waals surface area (Å²) in [7, 11) is 0. The Morgan fingerprint density at radius 2 is 1.96 bits per heavy atom. The molecule has 0 bridgehead atoms. The van der Waals surface area contributed by atoms with Crippen LogP contribution in [-0.4, -0.2) is 16.1 Å². The van der Waals surface area contributed by atoms with Crippen LogP contribution in [0.3, 0.4) is 0 Å². The third kappa shape index (κ3) is 3.18. The van der Waals surface area contributed by atoms with E-state index in [1.54, 1.807) is 6.07 Å². The van der Waals surface area contributed by atoms with Gasteiger partial charge in [0.25, 0.3) is 5.91 Å². The molecule has 5 heteroatoms. The lowest BCUT2D eigenvalue weighted by atomic mass is 10.1. The van der Waals surface area contributed by atoms with Crippen LogP contribution >= 0.6 is 0 Å². The first-order valence-corrected chi connectivity index (χ1v) is 7.53. The van der Waals surface area contributed by atoms with Gasteiger partial charge in [-0.1, -0.05) is 30.3 Å². The third-order valence-electron chi connectivity index (χ3n) is 3.79. The fourth-order valence-electron chi connectivity index (χ4n) is 2.63. The first-order chi connectivity index (χ1) is 11.0. The second-order valence-corrected chi connectivity index (χ2v) is 5.60. The minimum Gasteiger partial charge on any atom is -0.466 e. The molecule has 0 saturated heterocycles. The number of nitrogens with one attached hydrogen (secondary N) is 2. The summed E-state index contributed by atoms with van der Waals surface area (Å²) in [5.41, 5.74) is 3.14.